The number of benzene rings is 2. The molecule has 0 aromatic heterocycles. The van der Waals surface area contributed by atoms with E-state index in [1.165, 1.54) is 0 Å². The molecule has 0 bridgehead atoms. The summed E-state index contributed by atoms with van der Waals surface area (Å²) < 4.78 is 0. The first-order valence-electron chi connectivity index (χ1n) is 6.61. The minimum absolute atomic E-state index is 0.0220. The summed E-state index contributed by atoms with van der Waals surface area (Å²) in [6, 6.07) is 13.3. The van der Waals surface area contributed by atoms with Crippen LogP contribution in [0.4, 0.5) is 0 Å². The van der Waals surface area contributed by atoms with Gasteiger partial charge in [0.25, 0.3) is 0 Å². The summed E-state index contributed by atoms with van der Waals surface area (Å²) in [4.78, 5) is 2.15. The zero-order chi connectivity index (χ0) is 15.4. The van der Waals surface area contributed by atoms with Gasteiger partial charge in [-0.3, -0.25) is 4.90 Å². The molecule has 1 unspecified atom stereocenters. The second kappa shape index (κ2) is 7.48. The molecular formula is C16H17Cl3N2. The molecule has 0 fully saturated rings. The Labute approximate surface area is 140 Å². The van der Waals surface area contributed by atoms with Crippen LogP contribution in [-0.2, 0) is 6.54 Å². The van der Waals surface area contributed by atoms with E-state index in [9.17, 15) is 0 Å². The number of hydrogen-bond acceptors (Lipinski definition) is 2. The molecule has 2 nitrogen and oxygen atoms in total. The SMILES string of the molecule is CN(Cc1cccc(Cl)c1)C(CN)c1ccc(Cl)cc1Cl. The average Bonchev–Trinajstić information content (AvgIpc) is 2.42. The third-order valence-electron chi connectivity index (χ3n) is 3.40. The standard InChI is InChI=1S/C16H17Cl3N2/c1-21(10-11-3-2-4-12(17)7-11)16(9-20)14-6-5-13(18)8-15(14)19/h2-8,16H,9-10,20H2,1H3. The van der Waals surface area contributed by atoms with Crippen molar-refractivity contribution in [2.75, 3.05) is 13.6 Å². The summed E-state index contributed by atoms with van der Waals surface area (Å²) in [7, 11) is 2.02. The molecule has 0 radical (unpaired) electrons. The first kappa shape index (κ1) is 16.6. The zero-order valence-corrected chi connectivity index (χ0v) is 14.0. The van der Waals surface area contributed by atoms with E-state index in [1.54, 1.807) is 6.07 Å². The van der Waals surface area contributed by atoms with Crippen molar-refractivity contribution in [3.63, 3.8) is 0 Å². The van der Waals surface area contributed by atoms with Gasteiger partial charge in [0.2, 0.25) is 0 Å². The van der Waals surface area contributed by atoms with Crippen LogP contribution in [0, 0.1) is 0 Å². The monoisotopic (exact) mass is 342 g/mol. The van der Waals surface area contributed by atoms with Gasteiger partial charge in [-0.05, 0) is 42.4 Å². The van der Waals surface area contributed by atoms with Gasteiger partial charge in [0.1, 0.15) is 0 Å². The summed E-state index contributed by atoms with van der Waals surface area (Å²) in [6.07, 6.45) is 0. The molecule has 0 aliphatic carbocycles. The molecule has 2 aromatic carbocycles. The molecule has 112 valence electrons. The minimum atomic E-state index is 0.0220. The third-order valence-corrected chi connectivity index (χ3v) is 4.20. The van der Waals surface area contributed by atoms with Crippen molar-refractivity contribution in [2.45, 2.75) is 12.6 Å². The Balaban J connectivity index is 2.20. The predicted molar refractivity (Wildman–Crippen MR) is 91.2 cm³/mol. The van der Waals surface area contributed by atoms with E-state index in [0.717, 1.165) is 22.7 Å². The Morgan fingerprint density at radius 2 is 1.76 bits per heavy atom. The first-order chi connectivity index (χ1) is 10.0. The van der Waals surface area contributed by atoms with Crippen molar-refractivity contribution < 1.29 is 0 Å². The number of nitrogens with zero attached hydrogens (tertiary/aromatic N) is 1. The molecule has 5 heteroatoms. The van der Waals surface area contributed by atoms with E-state index >= 15 is 0 Å². The summed E-state index contributed by atoms with van der Waals surface area (Å²) in [5.74, 6) is 0. The van der Waals surface area contributed by atoms with Crippen molar-refractivity contribution in [3.8, 4) is 0 Å². The maximum atomic E-state index is 6.29. The van der Waals surface area contributed by atoms with Crippen LogP contribution in [0.25, 0.3) is 0 Å². The third kappa shape index (κ3) is 4.35. The van der Waals surface area contributed by atoms with E-state index in [4.69, 9.17) is 40.5 Å². The molecule has 0 amide bonds. The molecule has 2 aromatic rings. The molecule has 2 N–H and O–H groups in total. The van der Waals surface area contributed by atoms with Crippen LogP contribution in [0.5, 0.6) is 0 Å². The highest BCUT2D eigenvalue weighted by molar-refractivity contribution is 6.35. The topological polar surface area (TPSA) is 29.3 Å². The maximum Gasteiger partial charge on any atom is 0.0485 e. The largest absolute Gasteiger partial charge is 0.329 e. The first-order valence-corrected chi connectivity index (χ1v) is 7.74. The lowest BCUT2D eigenvalue weighted by Crippen LogP contribution is -2.30. The Bertz CT molecular complexity index is 616. The van der Waals surface area contributed by atoms with E-state index in [-0.39, 0.29) is 6.04 Å². The van der Waals surface area contributed by atoms with Crippen LogP contribution in [0.2, 0.25) is 15.1 Å². The van der Waals surface area contributed by atoms with Crippen LogP contribution in [0.15, 0.2) is 42.5 Å². The smallest absolute Gasteiger partial charge is 0.0485 e. The molecule has 1 atom stereocenters. The highest BCUT2D eigenvalue weighted by Crippen LogP contribution is 2.29. The lowest BCUT2D eigenvalue weighted by atomic mass is 10.0. The number of halogens is 3. The molecule has 2 rings (SSSR count). The van der Waals surface area contributed by atoms with Crippen molar-refractivity contribution in [3.05, 3.63) is 68.7 Å². The average molecular weight is 344 g/mol. The highest BCUT2D eigenvalue weighted by atomic mass is 35.5. The second-order valence-corrected chi connectivity index (χ2v) is 6.24. The number of likely N-dealkylation sites (N-methyl/N-ethyl adjacent to an activating group) is 1. The normalized spacial score (nSPS) is 12.7. The lowest BCUT2D eigenvalue weighted by Gasteiger charge is -2.28. The van der Waals surface area contributed by atoms with Gasteiger partial charge in [-0.2, -0.15) is 0 Å². The van der Waals surface area contributed by atoms with Gasteiger partial charge in [0.05, 0.1) is 0 Å². The quantitative estimate of drug-likeness (QED) is 0.846. The Hall–Kier alpha value is -0.770. The zero-order valence-electron chi connectivity index (χ0n) is 11.7. The molecular weight excluding hydrogens is 327 g/mol. The fraction of sp³-hybridized carbons (Fsp3) is 0.250. The summed E-state index contributed by atoms with van der Waals surface area (Å²) in [6.45, 7) is 1.21. The van der Waals surface area contributed by atoms with Crippen LogP contribution < -0.4 is 5.73 Å². The van der Waals surface area contributed by atoms with Gasteiger partial charge in [-0.25, -0.2) is 0 Å². The molecule has 0 spiro atoms. The Kier molecular flexibility index (Phi) is 5.91. The Morgan fingerprint density at radius 1 is 1.05 bits per heavy atom. The molecule has 0 saturated carbocycles. The van der Waals surface area contributed by atoms with Crippen LogP contribution in [0.1, 0.15) is 17.2 Å². The lowest BCUT2D eigenvalue weighted by molar-refractivity contribution is 0.242. The molecule has 21 heavy (non-hydrogen) atoms. The van der Waals surface area contributed by atoms with Crippen molar-refractivity contribution in [2.24, 2.45) is 5.73 Å². The van der Waals surface area contributed by atoms with Crippen molar-refractivity contribution in [1.82, 2.24) is 4.90 Å². The van der Waals surface area contributed by atoms with Crippen molar-refractivity contribution >= 4 is 34.8 Å². The van der Waals surface area contributed by atoms with E-state index in [0.29, 0.717) is 16.6 Å². The fourth-order valence-electron chi connectivity index (χ4n) is 2.35. The highest BCUT2D eigenvalue weighted by Gasteiger charge is 2.18. The van der Waals surface area contributed by atoms with Gasteiger partial charge in [0.15, 0.2) is 0 Å². The maximum absolute atomic E-state index is 6.29. The summed E-state index contributed by atoms with van der Waals surface area (Å²) >= 11 is 18.3. The van der Waals surface area contributed by atoms with Gasteiger partial charge in [0, 0.05) is 34.2 Å². The second-order valence-electron chi connectivity index (χ2n) is 4.96. The fourth-order valence-corrected chi connectivity index (χ4v) is 3.10. The molecule has 0 aliphatic rings. The van der Waals surface area contributed by atoms with Gasteiger partial charge >= 0.3 is 0 Å². The van der Waals surface area contributed by atoms with Gasteiger partial charge in [-0.1, -0.05) is 53.0 Å². The van der Waals surface area contributed by atoms with Crippen LogP contribution in [0.3, 0.4) is 0 Å². The number of hydrogen-bond donors (Lipinski definition) is 1. The van der Waals surface area contributed by atoms with E-state index in [2.05, 4.69) is 4.90 Å². The van der Waals surface area contributed by atoms with E-state index < -0.39 is 0 Å². The van der Waals surface area contributed by atoms with E-state index in [1.807, 2.05) is 43.4 Å². The summed E-state index contributed by atoms with van der Waals surface area (Å²) in [5, 5.41) is 1.99. The predicted octanol–water partition coefficient (Wildman–Crippen LogP) is 4.78. The Morgan fingerprint density at radius 3 is 2.38 bits per heavy atom. The van der Waals surface area contributed by atoms with Crippen molar-refractivity contribution in [1.29, 1.82) is 0 Å². The number of nitrogens with two attached hydrogens (primary N) is 1. The van der Waals surface area contributed by atoms with Crippen LogP contribution in [-0.4, -0.2) is 18.5 Å². The molecule has 0 aliphatic heterocycles. The minimum Gasteiger partial charge on any atom is -0.329 e. The van der Waals surface area contributed by atoms with Gasteiger partial charge < -0.3 is 5.73 Å². The number of rotatable bonds is 5. The van der Waals surface area contributed by atoms with Gasteiger partial charge in [-0.15, -0.1) is 0 Å². The van der Waals surface area contributed by atoms with Crippen LogP contribution >= 0.6 is 34.8 Å². The molecule has 0 heterocycles. The summed E-state index contributed by atoms with van der Waals surface area (Å²) in [5.41, 5.74) is 8.05. The molecule has 0 saturated heterocycles.